The highest BCUT2D eigenvalue weighted by molar-refractivity contribution is 5.95. The minimum atomic E-state index is -0.144. The third kappa shape index (κ3) is 1.65. The Kier molecular flexibility index (Phi) is 2.83. The molecule has 3 aliphatic rings. The predicted molar refractivity (Wildman–Crippen MR) is 67.8 cm³/mol. The van der Waals surface area contributed by atoms with E-state index in [9.17, 15) is 9.59 Å². The van der Waals surface area contributed by atoms with Crippen molar-refractivity contribution in [2.24, 2.45) is 11.8 Å². The van der Waals surface area contributed by atoms with Crippen molar-refractivity contribution < 1.29 is 9.59 Å². The smallest absolute Gasteiger partial charge is 0.246 e. The van der Waals surface area contributed by atoms with Gasteiger partial charge in [0.05, 0.1) is 0 Å². The maximum atomic E-state index is 12.5. The van der Waals surface area contributed by atoms with E-state index in [1.54, 1.807) is 4.90 Å². The third-order valence-electron chi connectivity index (χ3n) is 5.27. The van der Waals surface area contributed by atoms with Crippen LogP contribution >= 0.6 is 0 Å². The van der Waals surface area contributed by atoms with Gasteiger partial charge in [-0.1, -0.05) is 13.8 Å². The summed E-state index contributed by atoms with van der Waals surface area (Å²) in [5.41, 5.74) is 0. The molecule has 0 aromatic heterocycles. The molecule has 0 N–H and O–H groups in total. The van der Waals surface area contributed by atoms with E-state index in [1.165, 1.54) is 6.42 Å². The minimum Gasteiger partial charge on any atom is -0.329 e. The van der Waals surface area contributed by atoms with Crippen molar-refractivity contribution in [2.45, 2.75) is 51.6 Å². The summed E-state index contributed by atoms with van der Waals surface area (Å²) < 4.78 is 0. The molecule has 4 heteroatoms. The number of nitrogens with zero attached hydrogens (tertiary/aromatic N) is 2. The molecule has 2 heterocycles. The van der Waals surface area contributed by atoms with Crippen molar-refractivity contribution in [2.75, 3.05) is 13.1 Å². The van der Waals surface area contributed by atoms with Gasteiger partial charge in [0.15, 0.2) is 0 Å². The first-order valence-electron chi connectivity index (χ1n) is 7.19. The van der Waals surface area contributed by atoms with Gasteiger partial charge in [0.25, 0.3) is 0 Å². The Labute approximate surface area is 108 Å². The Hall–Kier alpha value is -1.06. The van der Waals surface area contributed by atoms with E-state index in [0.29, 0.717) is 24.4 Å². The maximum absolute atomic E-state index is 12.5. The van der Waals surface area contributed by atoms with Gasteiger partial charge in [-0.15, -0.1) is 0 Å². The molecule has 2 aliphatic heterocycles. The largest absolute Gasteiger partial charge is 0.329 e. The fourth-order valence-electron chi connectivity index (χ4n) is 3.89. The summed E-state index contributed by atoms with van der Waals surface area (Å²) in [5.74, 6) is 1.55. The van der Waals surface area contributed by atoms with Crippen LogP contribution < -0.4 is 0 Å². The Morgan fingerprint density at radius 1 is 1.06 bits per heavy atom. The molecule has 0 aromatic carbocycles. The lowest BCUT2D eigenvalue weighted by molar-refractivity contribution is -0.156. The second kappa shape index (κ2) is 4.25. The van der Waals surface area contributed by atoms with Crippen molar-refractivity contribution >= 4 is 11.8 Å². The van der Waals surface area contributed by atoms with E-state index in [-0.39, 0.29) is 17.9 Å². The summed E-state index contributed by atoms with van der Waals surface area (Å²) in [6.45, 7) is 5.57. The Morgan fingerprint density at radius 3 is 2.50 bits per heavy atom. The standard InChI is InChI=1S/C14H22N2O2/c1-9-5-6-11(10(9)2)16-8-13(17)15-7-3-4-12(15)14(16)18/h9-12H,3-8H2,1-2H3. The summed E-state index contributed by atoms with van der Waals surface area (Å²) in [5, 5.41) is 0. The third-order valence-corrected chi connectivity index (χ3v) is 5.27. The molecular weight excluding hydrogens is 228 g/mol. The number of carbonyl (C=O) groups excluding carboxylic acids is 2. The number of hydrogen-bond acceptors (Lipinski definition) is 2. The van der Waals surface area contributed by atoms with Crippen LogP contribution in [0, 0.1) is 11.8 Å². The fourth-order valence-corrected chi connectivity index (χ4v) is 3.89. The first-order valence-corrected chi connectivity index (χ1v) is 7.19. The van der Waals surface area contributed by atoms with Gasteiger partial charge in [-0.2, -0.15) is 0 Å². The molecule has 2 amide bonds. The first-order chi connectivity index (χ1) is 8.59. The average Bonchev–Trinajstić information content (AvgIpc) is 2.94. The molecule has 4 atom stereocenters. The lowest BCUT2D eigenvalue weighted by Crippen LogP contribution is -2.60. The molecule has 0 bridgehead atoms. The maximum Gasteiger partial charge on any atom is 0.246 e. The lowest BCUT2D eigenvalue weighted by atomic mass is 9.95. The minimum absolute atomic E-state index is 0.144. The van der Waals surface area contributed by atoms with Gasteiger partial charge < -0.3 is 9.80 Å². The molecule has 18 heavy (non-hydrogen) atoms. The normalized spacial score (nSPS) is 40.6. The number of hydrogen-bond donors (Lipinski definition) is 0. The molecule has 4 nitrogen and oxygen atoms in total. The van der Waals surface area contributed by atoms with Crippen molar-refractivity contribution in [1.29, 1.82) is 0 Å². The van der Waals surface area contributed by atoms with Gasteiger partial charge in [0, 0.05) is 12.6 Å². The van der Waals surface area contributed by atoms with Gasteiger partial charge in [-0.25, -0.2) is 0 Å². The molecular formula is C14H22N2O2. The van der Waals surface area contributed by atoms with Crippen LogP contribution in [-0.2, 0) is 9.59 Å². The van der Waals surface area contributed by atoms with Crippen LogP contribution in [0.1, 0.15) is 39.5 Å². The highest BCUT2D eigenvalue weighted by Gasteiger charge is 2.46. The van der Waals surface area contributed by atoms with Crippen molar-refractivity contribution in [3.63, 3.8) is 0 Å². The van der Waals surface area contributed by atoms with E-state index < -0.39 is 0 Å². The zero-order valence-electron chi connectivity index (χ0n) is 11.3. The molecule has 2 saturated heterocycles. The molecule has 3 rings (SSSR count). The zero-order valence-corrected chi connectivity index (χ0v) is 11.3. The van der Waals surface area contributed by atoms with E-state index in [4.69, 9.17) is 0 Å². The van der Waals surface area contributed by atoms with Crippen LogP contribution in [0.25, 0.3) is 0 Å². The van der Waals surface area contributed by atoms with Crippen LogP contribution in [0.15, 0.2) is 0 Å². The molecule has 4 unspecified atom stereocenters. The average molecular weight is 250 g/mol. The van der Waals surface area contributed by atoms with E-state index >= 15 is 0 Å². The predicted octanol–water partition coefficient (Wildman–Crippen LogP) is 1.25. The Morgan fingerprint density at radius 2 is 1.83 bits per heavy atom. The summed E-state index contributed by atoms with van der Waals surface area (Å²) in [4.78, 5) is 28.3. The zero-order chi connectivity index (χ0) is 12.9. The van der Waals surface area contributed by atoms with E-state index in [1.807, 2.05) is 4.90 Å². The van der Waals surface area contributed by atoms with Crippen LogP contribution in [0.3, 0.4) is 0 Å². The van der Waals surface area contributed by atoms with Crippen LogP contribution in [-0.4, -0.2) is 46.8 Å². The quantitative estimate of drug-likeness (QED) is 0.703. The van der Waals surface area contributed by atoms with Gasteiger partial charge in [-0.05, 0) is 37.5 Å². The first kappa shape index (κ1) is 12.0. The molecule has 0 spiro atoms. The van der Waals surface area contributed by atoms with E-state index in [0.717, 1.165) is 25.8 Å². The fraction of sp³-hybridized carbons (Fsp3) is 0.857. The highest BCUT2D eigenvalue weighted by Crippen LogP contribution is 2.37. The van der Waals surface area contributed by atoms with Crippen molar-refractivity contribution in [3.05, 3.63) is 0 Å². The highest BCUT2D eigenvalue weighted by atomic mass is 16.2. The molecule has 1 saturated carbocycles. The molecule has 3 fully saturated rings. The number of piperazine rings is 1. The molecule has 1 aliphatic carbocycles. The second-order valence-electron chi connectivity index (χ2n) is 6.19. The number of rotatable bonds is 1. The number of fused-ring (bicyclic) bond motifs is 1. The number of carbonyl (C=O) groups is 2. The molecule has 0 aromatic rings. The summed E-state index contributed by atoms with van der Waals surface area (Å²) >= 11 is 0. The van der Waals surface area contributed by atoms with Crippen LogP contribution in [0.4, 0.5) is 0 Å². The topological polar surface area (TPSA) is 40.6 Å². The van der Waals surface area contributed by atoms with Gasteiger partial charge >= 0.3 is 0 Å². The van der Waals surface area contributed by atoms with E-state index in [2.05, 4.69) is 13.8 Å². The van der Waals surface area contributed by atoms with Crippen molar-refractivity contribution in [3.8, 4) is 0 Å². The summed E-state index contributed by atoms with van der Waals surface area (Å²) in [6.07, 6.45) is 4.08. The van der Waals surface area contributed by atoms with Gasteiger partial charge in [0.2, 0.25) is 11.8 Å². The van der Waals surface area contributed by atoms with Crippen LogP contribution in [0.2, 0.25) is 0 Å². The number of amides is 2. The summed E-state index contributed by atoms with van der Waals surface area (Å²) in [6, 6.07) is 0.147. The monoisotopic (exact) mass is 250 g/mol. The Balaban J connectivity index is 1.81. The lowest BCUT2D eigenvalue weighted by Gasteiger charge is -2.41. The SMILES string of the molecule is CC1CCC(N2CC(=O)N3CCCC3C2=O)C1C. The summed E-state index contributed by atoms with van der Waals surface area (Å²) in [7, 11) is 0. The van der Waals surface area contributed by atoms with Crippen LogP contribution in [0.5, 0.6) is 0 Å². The second-order valence-corrected chi connectivity index (χ2v) is 6.19. The van der Waals surface area contributed by atoms with Gasteiger partial charge in [-0.3, -0.25) is 9.59 Å². The molecule has 100 valence electrons. The van der Waals surface area contributed by atoms with Crippen molar-refractivity contribution in [1.82, 2.24) is 9.80 Å². The van der Waals surface area contributed by atoms with Gasteiger partial charge in [0.1, 0.15) is 12.6 Å². The molecule has 0 radical (unpaired) electrons. The Bertz CT molecular complexity index is 382.